The number of rotatable bonds is 6. The second-order valence-electron chi connectivity index (χ2n) is 4.07. The van der Waals surface area contributed by atoms with E-state index in [4.69, 9.17) is 6.15 Å². The number of hydrogen-bond donors (Lipinski definition) is 0. The van der Waals surface area contributed by atoms with Gasteiger partial charge in [-0.25, -0.2) is 0 Å². The van der Waals surface area contributed by atoms with Crippen molar-refractivity contribution in [3.05, 3.63) is 0 Å². The fourth-order valence-corrected chi connectivity index (χ4v) is 7.80. The second-order valence-corrected chi connectivity index (χ2v) is 13.4. The van der Waals surface area contributed by atoms with Crippen molar-refractivity contribution in [2.45, 2.75) is 62.6 Å². The van der Waals surface area contributed by atoms with E-state index >= 15 is 0 Å². The SMILES string of the molecule is CCC(C)[O][Sn]([CH3])([CH3])[O]C(C)CC. The molecule has 0 N–H and O–H groups in total. The van der Waals surface area contributed by atoms with Gasteiger partial charge in [0.1, 0.15) is 0 Å². The number of hydrogen-bond acceptors (Lipinski definition) is 2. The van der Waals surface area contributed by atoms with E-state index in [1.165, 1.54) is 0 Å². The third-order valence-corrected chi connectivity index (χ3v) is 7.66. The zero-order valence-corrected chi connectivity index (χ0v) is 12.7. The Morgan fingerprint density at radius 2 is 1.23 bits per heavy atom. The van der Waals surface area contributed by atoms with E-state index in [9.17, 15) is 0 Å². The molecule has 13 heavy (non-hydrogen) atoms. The van der Waals surface area contributed by atoms with Gasteiger partial charge in [0.15, 0.2) is 0 Å². The molecular weight excluding hydrogens is 271 g/mol. The molecule has 2 atom stereocenters. The van der Waals surface area contributed by atoms with Crippen molar-refractivity contribution in [3.8, 4) is 0 Å². The van der Waals surface area contributed by atoms with Crippen molar-refractivity contribution in [2.75, 3.05) is 0 Å². The summed E-state index contributed by atoms with van der Waals surface area (Å²) < 4.78 is 11.9. The molecule has 0 saturated carbocycles. The van der Waals surface area contributed by atoms with Crippen molar-refractivity contribution in [1.82, 2.24) is 0 Å². The van der Waals surface area contributed by atoms with Crippen molar-refractivity contribution in [2.24, 2.45) is 0 Å². The first-order valence-electron chi connectivity index (χ1n) is 5.27. The topological polar surface area (TPSA) is 18.5 Å². The van der Waals surface area contributed by atoms with E-state index in [2.05, 4.69) is 37.6 Å². The van der Waals surface area contributed by atoms with Crippen LogP contribution in [0.1, 0.15) is 40.5 Å². The maximum absolute atomic E-state index is 5.95. The quantitative estimate of drug-likeness (QED) is 0.700. The van der Waals surface area contributed by atoms with Crippen molar-refractivity contribution in [1.29, 1.82) is 0 Å². The van der Waals surface area contributed by atoms with Crippen molar-refractivity contribution < 1.29 is 6.15 Å². The fraction of sp³-hybridized carbons (Fsp3) is 1.00. The third kappa shape index (κ3) is 6.75. The van der Waals surface area contributed by atoms with Gasteiger partial charge in [-0.3, -0.25) is 0 Å². The molecule has 2 unspecified atom stereocenters. The van der Waals surface area contributed by atoms with Gasteiger partial charge in [0.25, 0.3) is 0 Å². The molecule has 0 aromatic rings. The molecule has 0 rings (SSSR count). The summed E-state index contributed by atoms with van der Waals surface area (Å²) in [5.74, 6) is 0. The molecule has 0 aromatic heterocycles. The van der Waals surface area contributed by atoms with Gasteiger partial charge < -0.3 is 0 Å². The molecule has 0 saturated heterocycles. The monoisotopic (exact) mass is 296 g/mol. The zero-order chi connectivity index (χ0) is 10.5. The van der Waals surface area contributed by atoms with E-state index < -0.39 is 19.2 Å². The van der Waals surface area contributed by atoms with Gasteiger partial charge in [-0.2, -0.15) is 0 Å². The molecule has 0 aliphatic rings. The molecule has 3 heteroatoms. The van der Waals surface area contributed by atoms with Crippen LogP contribution in [0.4, 0.5) is 0 Å². The van der Waals surface area contributed by atoms with Gasteiger partial charge in [0.05, 0.1) is 0 Å². The molecule has 80 valence electrons. The van der Waals surface area contributed by atoms with Crippen LogP contribution in [-0.2, 0) is 6.15 Å². The van der Waals surface area contributed by atoms with Crippen LogP contribution >= 0.6 is 0 Å². The Hall–Kier alpha value is 0.719. The van der Waals surface area contributed by atoms with Gasteiger partial charge in [-0.1, -0.05) is 0 Å². The summed E-state index contributed by atoms with van der Waals surface area (Å²) >= 11 is -2.60. The summed E-state index contributed by atoms with van der Waals surface area (Å²) in [5.41, 5.74) is 0. The Morgan fingerprint density at radius 1 is 0.923 bits per heavy atom. The van der Waals surface area contributed by atoms with E-state index in [-0.39, 0.29) is 0 Å². The van der Waals surface area contributed by atoms with Gasteiger partial charge in [-0.05, 0) is 0 Å². The van der Waals surface area contributed by atoms with Crippen molar-refractivity contribution in [3.63, 3.8) is 0 Å². The second kappa shape index (κ2) is 6.25. The molecule has 0 radical (unpaired) electrons. The Morgan fingerprint density at radius 3 is 1.46 bits per heavy atom. The molecule has 0 amide bonds. The molecule has 0 fully saturated rings. The van der Waals surface area contributed by atoms with Crippen LogP contribution in [0, 0.1) is 0 Å². The van der Waals surface area contributed by atoms with Gasteiger partial charge >= 0.3 is 88.0 Å². The molecule has 0 bridgehead atoms. The van der Waals surface area contributed by atoms with Crippen molar-refractivity contribution >= 4 is 19.2 Å². The molecule has 0 aliphatic carbocycles. The van der Waals surface area contributed by atoms with Gasteiger partial charge in [-0.15, -0.1) is 0 Å². The summed E-state index contributed by atoms with van der Waals surface area (Å²) in [7, 11) is 0. The van der Waals surface area contributed by atoms with Crippen LogP contribution < -0.4 is 0 Å². The molecular formula is C10H24O2Sn. The zero-order valence-electron chi connectivity index (χ0n) is 9.89. The average molecular weight is 295 g/mol. The summed E-state index contributed by atoms with van der Waals surface area (Å²) in [6.07, 6.45) is 2.86. The minimum atomic E-state index is -2.60. The normalized spacial score (nSPS) is 17.1. The molecule has 0 aromatic carbocycles. The summed E-state index contributed by atoms with van der Waals surface area (Å²) in [4.78, 5) is 4.38. The summed E-state index contributed by atoms with van der Waals surface area (Å²) in [6.45, 7) is 8.54. The van der Waals surface area contributed by atoms with Crippen LogP contribution in [0.2, 0.25) is 9.88 Å². The van der Waals surface area contributed by atoms with Gasteiger partial charge in [0.2, 0.25) is 0 Å². The molecule has 2 nitrogen and oxygen atoms in total. The fourth-order valence-electron chi connectivity index (χ4n) is 1.16. The predicted octanol–water partition coefficient (Wildman–Crippen LogP) is 3.32. The predicted molar refractivity (Wildman–Crippen MR) is 59.2 cm³/mol. The van der Waals surface area contributed by atoms with E-state index in [1.54, 1.807) is 0 Å². The van der Waals surface area contributed by atoms with Crippen LogP contribution in [0.3, 0.4) is 0 Å². The maximum atomic E-state index is 5.95. The van der Waals surface area contributed by atoms with Crippen LogP contribution in [-0.4, -0.2) is 31.4 Å². The molecule has 0 spiro atoms. The van der Waals surface area contributed by atoms with Crippen LogP contribution in [0.25, 0.3) is 0 Å². The Balaban J connectivity index is 3.92. The molecule has 0 aliphatic heterocycles. The Kier molecular flexibility index (Phi) is 6.59. The van der Waals surface area contributed by atoms with E-state index in [1.807, 2.05) is 0 Å². The van der Waals surface area contributed by atoms with E-state index in [0.29, 0.717) is 12.2 Å². The third-order valence-electron chi connectivity index (χ3n) is 2.12. The summed E-state index contributed by atoms with van der Waals surface area (Å²) in [6, 6.07) is 0. The van der Waals surface area contributed by atoms with Crippen LogP contribution in [0.5, 0.6) is 0 Å². The first-order valence-corrected chi connectivity index (χ1v) is 13.3. The van der Waals surface area contributed by atoms with Gasteiger partial charge in [0, 0.05) is 0 Å². The average Bonchev–Trinajstić information content (AvgIpc) is 2.02. The minimum absolute atomic E-state index is 0.356. The Labute approximate surface area is 88.0 Å². The first-order chi connectivity index (χ1) is 5.91. The van der Waals surface area contributed by atoms with Crippen LogP contribution in [0.15, 0.2) is 0 Å². The van der Waals surface area contributed by atoms with E-state index in [0.717, 1.165) is 12.8 Å². The summed E-state index contributed by atoms with van der Waals surface area (Å²) in [5, 5.41) is 0. The standard InChI is InChI=1S/2C4H9O.2CH3.Sn/c2*1-3-4(2)5;;;/h2*4H,3H2,1-2H3;2*1H3;/q2*-1;;;+2. The Bertz CT molecular complexity index is 123. The molecule has 0 heterocycles. The first kappa shape index (κ1) is 13.7.